The van der Waals surface area contributed by atoms with Crippen LogP contribution in [0.25, 0.3) is 10.6 Å². The molecule has 94 valence electrons. The van der Waals surface area contributed by atoms with E-state index in [1.165, 1.54) is 13.2 Å². The molecule has 0 aliphatic heterocycles. The number of halogens is 2. The lowest BCUT2D eigenvalue weighted by atomic mass is 10.1. The second kappa shape index (κ2) is 4.83. The number of hydrogen-bond acceptors (Lipinski definition) is 6. The molecule has 0 saturated carbocycles. The van der Waals surface area contributed by atoms with Crippen molar-refractivity contribution in [2.45, 2.75) is 0 Å². The Balaban J connectivity index is 2.66. The summed E-state index contributed by atoms with van der Waals surface area (Å²) >= 11 is 6.58. The van der Waals surface area contributed by atoms with E-state index >= 15 is 0 Å². The lowest BCUT2D eigenvalue weighted by Gasteiger charge is -2.04. The summed E-state index contributed by atoms with van der Waals surface area (Å²) < 4.78 is 18.3. The number of hydrogen-bond donors (Lipinski definition) is 0. The molecule has 2 aromatic rings. The van der Waals surface area contributed by atoms with Gasteiger partial charge in [0.05, 0.1) is 23.7 Å². The third-order valence-electron chi connectivity index (χ3n) is 2.10. The molecule has 0 amide bonds. The Labute approximate surface area is 109 Å². The first-order valence-corrected chi connectivity index (χ1v) is 5.73. The van der Waals surface area contributed by atoms with Gasteiger partial charge >= 0.3 is 0 Å². The van der Waals surface area contributed by atoms with Crippen molar-refractivity contribution >= 4 is 28.6 Å². The van der Waals surface area contributed by atoms with Crippen molar-refractivity contribution in [2.75, 3.05) is 7.11 Å². The molecule has 9 heteroatoms. The molecule has 1 aromatic carbocycles. The fraction of sp³-hybridized carbons (Fsp3) is 0.111. The highest BCUT2D eigenvalue weighted by atomic mass is 35.5. The van der Waals surface area contributed by atoms with Gasteiger partial charge in [-0.3, -0.25) is 10.1 Å². The zero-order valence-corrected chi connectivity index (χ0v) is 10.5. The largest absolute Gasteiger partial charge is 0.494 e. The minimum Gasteiger partial charge on any atom is -0.494 e. The van der Waals surface area contributed by atoms with Crippen LogP contribution in [0, 0.1) is 15.9 Å². The maximum atomic E-state index is 13.4. The van der Waals surface area contributed by atoms with Crippen LogP contribution in [0.4, 0.5) is 10.1 Å². The molecule has 2 rings (SSSR count). The van der Waals surface area contributed by atoms with E-state index in [0.29, 0.717) is 0 Å². The number of nitro groups is 1. The van der Waals surface area contributed by atoms with E-state index in [1.807, 2.05) is 0 Å². The number of nitrogens with zero attached hydrogens (tertiary/aromatic N) is 3. The summed E-state index contributed by atoms with van der Waals surface area (Å²) in [7, 11) is 1.26. The molecule has 0 N–H and O–H groups in total. The molecule has 0 saturated heterocycles. The normalized spacial score (nSPS) is 10.4. The molecule has 6 nitrogen and oxygen atoms in total. The first kappa shape index (κ1) is 12.7. The third kappa shape index (κ3) is 2.24. The number of nitro benzene ring substituents is 1. The number of methoxy groups -OCH3 is 1. The molecule has 0 fully saturated rings. The average molecular weight is 290 g/mol. The second-order valence-electron chi connectivity index (χ2n) is 3.12. The molecular formula is C9H5ClFN3O3S. The molecule has 18 heavy (non-hydrogen) atoms. The number of rotatable bonds is 3. The molecule has 0 atom stereocenters. The minimum absolute atomic E-state index is 0.109. The fourth-order valence-electron chi connectivity index (χ4n) is 1.34. The molecule has 0 aliphatic rings. The lowest BCUT2D eigenvalue weighted by Crippen LogP contribution is -1.96. The quantitative estimate of drug-likeness (QED) is 0.641. The Morgan fingerprint density at radius 3 is 2.72 bits per heavy atom. The zero-order valence-electron chi connectivity index (χ0n) is 8.89. The minimum atomic E-state index is -0.816. The van der Waals surface area contributed by atoms with Gasteiger partial charge in [0.15, 0.2) is 16.6 Å². The van der Waals surface area contributed by atoms with Crippen molar-refractivity contribution in [1.29, 1.82) is 0 Å². The van der Waals surface area contributed by atoms with E-state index in [9.17, 15) is 14.5 Å². The first-order valence-electron chi connectivity index (χ1n) is 4.54. The van der Waals surface area contributed by atoms with Gasteiger partial charge in [0.25, 0.3) is 5.69 Å². The smallest absolute Gasteiger partial charge is 0.282 e. The highest BCUT2D eigenvalue weighted by Gasteiger charge is 2.22. The summed E-state index contributed by atoms with van der Waals surface area (Å²) in [5.74, 6) is -0.925. The van der Waals surface area contributed by atoms with Crippen molar-refractivity contribution in [1.82, 2.24) is 10.2 Å². The van der Waals surface area contributed by atoms with Crippen molar-refractivity contribution in [2.24, 2.45) is 0 Å². The Hall–Kier alpha value is -1.80. The molecule has 0 unspecified atom stereocenters. The van der Waals surface area contributed by atoms with E-state index in [0.717, 1.165) is 17.4 Å². The highest BCUT2D eigenvalue weighted by molar-refractivity contribution is 7.18. The zero-order chi connectivity index (χ0) is 13.3. The van der Waals surface area contributed by atoms with Gasteiger partial charge < -0.3 is 4.74 Å². The standard InChI is InChI=1S/C9H5ClFN3O3S/c1-17-7-2-4(8-12-13-9(10)18-8)6(14(15)16)3-5(7)11/h2-3H,1H3. The van der Waals surface area contributed by atoms with Crippen LogP contribution in [0.1, 0.15) is 0 Å². The van der Waals surface area contributed by atoms with Gasteiger partial charge in [0.1, 0.15) is 0 Å². The number of aromatic nitrogens is 2. The van der Waals surface area contributed by atoms with Gasteiger partial charge in [-0.05, 0) is 11.6 Å². The Morgan fingerprint density at radius 1 is 1.50 bits per heavy atom. The van der Waals surface area contributed by atoms with Crippen molar-refractivity contribution in [3.8, 4) is 16.3 Å². The van der Waals surface area contributed by atoms with E-state index in [2.05, 4.69) is 10.2 Å². The van der Waals surface area contributed by atoms with Gasteiger partial charge in [-0.25, -0.2) is 4.39 Å². The summed E-state index contributed by atoms with van der Waals surface area (Å²) in [4.78, 5) is 10.2. The van der Waals surface area contributed by atoms with Crippen LogP contribution < -0.4 is 4.74 Å². The third-order valence-corrected chi connectivity index (χ3v) is 3.15. The molecule has 0 spiro atoms. The van der Waals surface area contributed by atoms with Gasteiger partial charge in [0.2, 0.25) is 4.47 Å². The molecule has 0 bridgehead atoms. The highest BCUT2D eigenvalue weighted by Crippen LogP contribution is 2.37. The van der Waals surface area contributed by atoms with Gasteiger partial charge in [-0.1, -0.05) is 11.3 Å². The lowest BCUT2D eigenvalue weighted by molar-refractivity contribution is -0.384. The number of ether oxygens (including phenoxy) is 1. The van der Waals surface area contributed by atoms with Crippen molar-refractivity contribution < 1.29 is 14.1 Å². The Morgan fingerprint density at radius 2 is 2.22 bits per heavy atom. The summed E-state index contributed by atoms with van der Waals surface area (Å²) in [5, 5.41) is 18.3. The van der Waals surface area contributed by atoms with Gasteiger partial charge in [0, 0.05) is 6.07 Å². The van der Waals surface area contributed by atoms with Crippen molar-refractivity contribution in [3.63, 3.8) is 0 Å². The van der Waals surface area contributed by atoms with Crippen LogP contribution >= 0.6 is 22.9 Å². The fourth-order valence-corrected chi connectivity index (χ4v) is 2.19. The van der Waals surface area contributed by atoms with Gasteiger partial charge in [-0.2, -0.15) is 0 Å². The predicted octanol–water partition coefficient (Wildman–Crippen LogP) is 2.91. The van der Waals surface area contributed by atoms with Crippen LogP contribution in [0.2, 0.25) is 4.47 Å². The van der Waals surface area contributed by atoms with E-state index in [-0.39, 0.29) is 20.8 Å². The summed E-state index contributed by atoms with van der Waals surface area (Å²) in [6.45, 7) is 0. The first-order chi connectivity index (χ1) is 8.52. The molecule has 0 aliphatic carbocycles. The van der Waals surface area contributed by atoms with Crippen molar-refractivity contribution in [3.05, 3.63) is 32.5 Å². The molecule has 1 aromatic heterocycles. The average Bonchev–Trinajstić information content (AvgIpc) is 2.75. The van der Waals surface area contributed by atoms with Crippen LogP contribution in [-0.2, 0) is 0 Å². The predicted molar refractivity (Wildman–Crippen MR) is 63.5 cm³/mol. The van der Waals surface area contributed by atoms with Crippen LogP contribution in [0.5, 0.6) is 5.75 Å². The Kier molecular flexibility index (Phi) is 3.39. The second-order valence-corrected chi connectivity index (χ2v) is 4.68. The topological polar surface area (TPSA) is 78.2 Å². The molecular weight excluding hydrogens is 285 g/mol. The number of benzene rings is 1. The van der Waals surface area contributed by atoms with Crippen LogP contribution in [-0.4, -0.2) is 22.2 Å². The van der Waals surface area contributed by atoms with Crippen LogP contribution in [0.3, 0.4) is 0 Å². The summed E-state index contributed by atoms with van der Waals surface area (Å²) in [6, 6.07) is 1.98. The van der Waals surface area contributed by atoms with E-state index in [4.69, 9.17) is 16.3 Å². The van der Waals surface area contributed by atoms with Crippen LogP contribution in [0.15, 0.2) is 12.1 Å². The maximum Gasteiger partial charge on any atom is 0.282 e. The van der Waals surface area contributed by atoms with Gasteiger partial charge in [-0.15, -0.1) is 10.2 Å². The molecule has 0 radical (unpaired) electrons. The van der Waals surface area contributed by atoms with E-state index in [1.54, 1.807) is 0 Å². The SMILES string of the molecule is COc1cc(-c2nnc(Cl)s2)c([N+](=O)[O-])cc1F. The molecule has 1 heterocycles. The van der Waals surface area contributed by atoms with E-state index < -0.39 is 16.4 Å². The summed E-state index contributed by atoms with van der Waals surface area (Å²) in [6.07, 6.45) is 0. The maximum absolute atomic E-state index is 13.4. The summed E-state index contributed by atoms with van der Waals surface area (Å²) in [5.41, 5.74) is -0.302. The Bertz CT molecular complexity index is 619. The monoisotopic (exact) mass is 289 g/mol.